The third kappa shape index (κ3) is 2.06. The van der Waals surface area contributed by atoms with E-state index in [0.717, 1.165) is 11.3 Å². The zero-order chi connectivity index (χ0) is 11.5. The van der Waals surface area contributed by atoms with Gasteiger partial charge in [-0.1, -0.05) is 0 Å². The van der Waals surface area contributed by atoms with Crippen LogP contribution < -0.4 is 5.01 Å². The quantitative estimate of drug-likeness (QED) is 0.852. The summed E-state index contributed by atoms with van der Waals surface area (Å²) < 4.78 is 1.93. The molecule has 16 heavy (non-hydrogen) atoms. The molecule has 2 heterocycles. The van der Waals surface area contributed by atoms with Crippen molar-refractivity contribution in [1.29, 1.82) is 0 Å². The fourth-order valence-corrected chi connectivity index (χ4v) is 1.53. The largest absolute Gasteiger partial charge is 0.389 e. The fourth-order valence-electron chi connectivity index (χ4n) is 1.53. The van der Waals surface area contributed by atoms with Crippen molar-refractivity contribution < 1.29 is 5.11 Å². The molecule has 0 spiro atoms. The van der Waals surface area contributed by atoms with Crippen LogP contribution in [0.3, 0.4) is 0 Å². The number of aliphatic hydroxyl groups is 1. The molecule has 84 valence electrons. The maximum atomic E-state index is 9.45. The van der Waals surface area contributed by atoms with Gasteiger partial charge in [0, 0.05) is 31.8 Å². The smallest absolute Gasteiger partial charge is 0.0777 e. The second-order valence-electron chi connectivity index (χ2n) is 3.73. The van der Waals surface area contributed by atoms with Gasteiger partial charge in [-0.25, -0.2) is 0 Å². The molecule has 2 rings (SSSR count). The Bertz CT molecular complexity index is 450. The summed E-state index contributed by atoms with van der Waals surface area (Å²) in [7, 11) is 1.96. The molecule has 4 nitrogen and oxygen atoms in total. The third-order valence-electron chi connectivity index (χ3n) is 2.57. The van der Waals surface area contributed by atoms with Crippen molar-refractivity contribution in [3.8, 4) is 0 Å². The lowest BCUT2D eigenvalue weighted by atomic mass is 10.2. The fraction of sp³-hybridized carbons (Fsp3) is 0.250. The summed E-state index contributed by atoms with van der Waals surface area (Å²) in [6, 6.07) is 5.77. The van der Waals surface area contributed by atoms with Crippen LogP contribution in [0.5, 0.6) is 0 Å². The standard InChI is InChI=1S/C12H15N3O/c1-10(16)11-5-8-15(9-11)14(2)12-3-6-13-7-4-12/h3-10,16H,1-2H3. The van der Waals surface area contributed by atoms with E-state index in [4.69, 9.17) is 0 Å². The van der Waals surface area contributed by atoms with Gasteiger partial charge in [0.25, 0.3) is 0 Å². The Labute approximate surface area is 94.7 Å². The predicted octanol–water partition coefficient (Wildman–Crippen LogP) is 1.84. The van der Waals surface area contributed by atoms with Gasteiger partial charge in [-0.2, -0.15) is 0 Å². The van der Waals surface area contributed by atoms with Crippen molar-refractivity contribution in [2.45, 2.75) is 13.0 Å². The first-order valence-electron chi connectivity index (χ1n) is 5.18. The Balaban J connectivity index is 2.24. The van der Waals surface area contributed by atoms with Crippen LogP contribution >= 0.6 is 0 Å². The maximum Gasteiger partial charge on any atom is 0.0777 e. The molecule has 0 radical (unpaired) electrons. The number of aromatic nitrogens is 2. The zero-order valence-electron chi connectivity index (χ0n) is 9.41. The SMILES string of the molecule is CC(O)c1ccn(N(C)c2ccncc2)c1. The first-order valence-corrected chi connectivity index (χ1v) is 5.18. The molecule has 0 bridgehead atoms. The van der Waals surface area contributed by atoms with E-state index in [-0.39, 0.29) is 0 Å². The Morgan fingerprint density at radius 2 is 2.00 bits per heavy atom. The highest BCUT2D eigenvalue weighted by Crippen LogP contribution is 2.16. The average molecular weight is 217 g/mol. The molecular weight excluding hydrogens is 202 g/mol. The van der Waals surface area contributed by atoms with Gasteiger partial charge in [-0.3, -0.25) is 14.7 Å². The second kappa shape index (κ2) is 4.37. The number of aliphatic hydroxyl groups excluding tert-OH is 1. The van der Waals surface area contributed by atoms with Crippen LogP contribution in [0, 0.1) is 0 Å². The molecule has 0 aromatic carbocycles. The molecule has 0 aliphatic heterocycles. The summed E-state index contributed by atoms with van der Waals surface area (Å²) >= 11 is 0. The van der Waals surface area contributed by atoms with Gasteiger partial charge in [0.15, 0.2) is 0 Å². The normalized spacial score (nSPS) is 12.4. The Kier molecular flexibility index (Phi) is 2.92. The molecule has 0 amide bonds. The van der Waals surface area contributed by atoms with E-state index in [1.165, 1.54) is 0 Å². The highest BCUT2D eigenvalue weighted by atomic mass is 16.3. The van der Waals surface area contributed by atoms with Crippen LogP contribution in [0.4, 0.5) is 5.69 Å². The van der Waals surface area contributed by atoms with Crippen LogP contribution in [-0.4, -0.2) is 21.8 Å². The first kappa shape index (κ1) is 10.7. The molecule has 2 aromatic heterocycles. The van der Waals surface area contributed by atoms with E-state index in [1.54, 1.807) is 19.3 Å². The van der Waals surface area contributed by atoms with Gasteiger partial charge >= 0.3 is 0 Å². The Morgan fingerprint density at radius 3 is 2.56 bits per heavy atom. The predicted molar refractivity (Wildman–Crippen MR) is 63.1 cm³/mol. The molecule has 0 saturated carbocycles. The van der Waals surface area contributed by atoms with Gasteiger partial charge in [0.1, 0.15) is 0 Å². The van der Waals surface area contributed by atoms with Crippen LogP contribution in [0.25, 0.3) is 0 Å². The zero-order valence-corrected chi connectivity index (χ0v) is 9.41. The molecule has 0 saturated heterocycles. The van der Waals surface area contributed by atoms with Crippen LogP contribution in [0.2, 0.25) is 0 Å². The van der Waals surface area contributed by atoms with Crippen LogP contribution in [-0.2, 0) is 0 Å². The van der Waals surface area contributed by atoms with Crippen LogP contribution in [0.1, 0.15) is 18.6 Å². The third-order valence-corrected chi connectivity index (χ3v) is 2.57. The number of pyridine rings is 1. The van der Waals surface area contributed by atoms with Crippen molar-refractivity contribution in [2.75, 3.05) is 12.1 Å². The molecule has 1 unspecified atom stereocenters. The monoisotopic (exact) mass is 217 g/mol. The van der Waals surface area contributed by atoms with E-state index in [0.29, 0.717) is 0 Å². The van der Waals surface area contributed by atoms with Crippen LogP contribution in [0.15, 0.2) is 43.0 Å². The van der Waals surface area contributed by atoms with E-state index < -0.39 is 6.10 Å². The summed E-state index contributed by atoms with van der Waals surface area (Å²) in [4.78, 5) is 3.98. The minimum absolute atomic E-state index is 0.438. The van der Waals surface area contributed by atoms with Gasteiger partial charge < -0.3 is 5.11 Å². The van der Waals surface area contributed by atoms with Crippen molar-refractivity contribution in [3.05, 3.63) is 48.5 Å². The molecule has 0 fully saturated rings. The lowest BCUT2D eigenvalue weighted by Gasteiger charge is -2.20. The highest BCUT2D eigenvalue weighted by Gasteiger charge is 2.06. The van der Waals surface area contributed by atoms with Crippen molar-refractivity contribution in [1.82, 2.24) is 9.66 Å². The molecule has 4 heteroatoms. The Morgan fingerprint density at radius 1 is 1.31 bits per heavy atom. The van der Waals surface area contributed by atoms with E-state index >= 15 is 0 Å². The van der Waals surface area contributed by atoms with Gasteiger partial charge in [0.05, 0.1) is 11.8 Å². The topological polar surface area (TPSA) is 41.3 Å². The molecular formula is C12H15N3O. The number of rotatable bonds is 3. The van der Waals surface area contributed by atoms with E-state index in [9.17, 15) is 5.11 Å². The summed E-state index contributed by atoms with van der Waals surface area (Å²) in [5.74, 6) is 0. The molecule has 0 aliphatic rings. The Hall–Kier alpha value is -1.81. The summed E-state index contributed by atoms with van der Waals surface area (Å²) in [6.45, 7) is 1.76. The minimum Gasteiger partial charge on any atom is -0.389 e. The van der Waals surface area contributed by atoms with Crippen molar-refractivity contribution >= 4 is 5.69 Å². The number of hydrogen-bond acceptors (Lipinski definition) is 3. The summed E-state index contributed by atoms with van der Waals surface area (Å²) in [5, 5.41) is 11.4. The van der Waals surface area contributed by atoms with Crippen molar-refractivity contribution in [2.24, 2.45) is 0 Å². The number of nitrogens with zero attached hydrogens (tertiary/aromatic N) is 3. The molecule has 0 aliphatic carbocycles. The maximum absolute atomic E-state index is 9.45. The van der Waals surface area contributed by atoms with Gasteiger partial charge in [0.2, 0.25) is 0 Å². The molecule has 1 atom stereocenters. The van der Waals surface area contributed by atoms with Gasteiger partial charge in [-0.05, 0) is 30.7 Å². The average Bonchev–Trinajstić information content (AvgIpc) is 2.78. The van der Waals surface area contributed by atoms with E-state index in [2.05, 4.69) is 4.98 Å². The summed E-state index contributed by atoms with van der Waals surface area (Å²) in [6.07, 6.45) is 6.90. The summed E-state index contributed by atoms with van der Waals surface area (Å²) in [5.41, 5.74) is 1.95. The minimum atomic E-state index is -0.438. The van der Waals surface area contributed by atoms with Crippen molar-refractivity contribution in [3.63, 3.8) is 0 Å². The van der Waals surface area contributed by atoms with Gasteiger partial charge in [-0.15, -0.1) is 0 Å². The first-order chi connectivity index (χ1) is 7.68. The highest BCUT2D eigenvalue weighted by molar-refractivity contribution is 5.43. The number of hydrogen-bond donors (Lipinski definition) is 1. The second-order valence-corrected chi connectivity index (χ2v) is 3.73. The number of anilines is 1. The molecule has 2 aromatic rings. The molecule has 1 N–H and O–H groups in total. The lowest BCUT2D eigenvalue weighted by molar-refractivity contribution is 0.199. The van der Waals surface area contributed by atoms with E-state index in [1.807, 2.05) is 47.3 Å². The lowest BCUT2D eigenvalue weighted by Crippen LogP contribution is -2.22.